The lowest BCUT2D eigenvalue weighted by atomic mass is 9.93. The predicted molar refractivity (Wildman–Crippen MR) is 76.9 cm³/mol. The van der Waals surface area contributed by atoms with Gasteiger partial charge in [0.25, 0.3) is 0 Å². The molecular weight excluding hydrogens is 252 g/mol. The normalized spacial score (nSPS) is 14.9. The van der Waals surface area contributed by atoms with Crippen LogP contribution in [0.2, 0.25) is 0 Å². The van der Waals surface area contributed by atoms with E-state index in [1.165, 1.54) is 0 Å². The molecule has 3 nitrogen and oxygen atoms in total. The molecule has 2 aromatic rings. The van der Waals surface area contributed by atoms with Crippen molar-refractivity contribution in [1.29, 1.82) is 0 Å². The topological polar surface area (TPSA) is 46.5 Å². The van der Waals surface area contributed by atoms with Gasteiger partial charge in [0.15, 0.2) is 0 Å². The fraction of sp³-hybridized carbons (Fsp3) is 0.118. The van der Waals surface area contributed by atoms with Crippen molar-refractivity contribution in [2.75, 3.05) is 0 Å². The molecule has 0 unspecified atom stereocenters. The van der Waals surface area contributed by atoms with E-state index in [9.17, 15) is 4.79 Å². The molecular formula is C17H14O3. The van der Waals surface area contributed by atoms with Gasteiger partial charge in [-0.25, -0.2) is 4.79 Å². The van der Waals surface area contributed by atoms with E-state index in [2.05, 4.69) is 0 Å². The van der Waals surface area contributed by atoms with Gasteiger partial charge in [-0.2, -0.15) is 0 Å². The fourth-order valence-electron chi connectivity index (χ4n) is 2.52. The molecule has 1 N–H and O–H groups in total. The molecule has 0 atom stereocenters. The maximum atomic E-state index is 11.2. The van der Waals surface area contributed by atoms with Gasteiger partial charge in [-0.3, -0.25) is 0 Å². The van der Waals surface area contributed by atoms with Crippen LogP contribution in [0.1, 0.15) is 34.0 Å². The Kier molecular flexibility index (Phi) is 3.03. The number of benzene rings is 2. The zero-order valence-corrected chi connectivity index (χ0v) is 11.1. The summed E-state index contributed by atoms with van der Waals surface area (Å²) in [4.78, 5) is 11.2. The van der Waals surface area contributed by atoms with Gasteiger partial charge < -0.3 is 9.84 Å². The predicted octanol–water partition coefficient (Wildman–Crippen LogP) is 3.73. The van der Waals surface area contributed by atoms with Gasteiger partial charge in [-0.15, -0.1) is 0 Å². The van der Waals surface area contributed by atoms with E-state index < -0.39 is 5.97 Å². The van der Waals surface area contributed by atoms with Crippen LogP contribution in [0.3, 0.4) is 0 Å². The lowest BCUT2D eigenvalue weighted by molar-refractivity contribution is 0.0697. The zero-order valence-electron chi connectivity index (χ0n) is 11.1. The molecule has 100 valence electrons. The summed E-state index contributed by atoms with van der Waals surface area (Å²) >= 11 is 0. The van der Waals surface area contributed by atoms with Gasteiger partial charge in [0.2, 0.25) is 0 Å². The smallest absolute Gasteiger partial charge is 0.335 e. The summed E-state index contributed by atoms with van der Waals surface area (Å²) in [6, 6.07) is 13.0. The van der Waals surface area contributed by atoms with Crippen molar-refractivity contribution < 1.29 is 14.6 Å². The largest absolute Gasteiger partial charge is 0.488 e. The first-order valence-corrected chi connectivity index (χ1v) is 6.46. The lowest BCUT2D eigenvalue weighted by Gasteiger charge is -2.10. The molecule has 0 radical (unpaired) electrons. The first-order chi connectivity index (χ1) is 9.70. The summed E-state index contributed by atoms with van der Waals surface area (Å²) in [5, 5.41) is 9.15. The van der Waals surface area contributed by atoms with Crippen molar-refractivity contribution in [2.24, 2.45) is 0 Å². The highest BCUT2D eigenvalue weighted by Crippen LogP contribution is 2.37. The van der Waals surface area contributed by atoms with Crippen molar-refractivity contribution in [1.82, 2.24) is 0 Å². The second-order valence-corrected chi connectivity index (χ2v) is 4.66. The number of fused-ring (bicyclic) bond motifs is 2. The second-order valence-electron chi connectivity index (χ2n) is 4.66. The Morgan fingerprint density at radius 1 is 1.20 bits per heavy atom. The number of allylic oxidation sites excluding steroid dienone is 1. The first-order valence-electron chi connectivity index (χ1n) is 6.46. The van der Waals surface area contributed by atoms with E-state index in [1.54, 1.807) is 18.2 Å². The van der Waals surface area contributed by atoms with Crippen molar-refractivity contribution in [3.8, 4) is 5.75 Å². The Hall–Kier alpha value is -2.55. The number of aromatic carboxylic acids is 1. The maximum absolute atomic E-state index is 11.2. The number of rotatable bonds is 1. The number of ether oxygens (including phenoxy) is 1. The van der Waals surface area contributed by atoms with E-state index in [4.69, 9.17) is 9.84 Å². The quantitative estimate of drug-likeness (QED) is 0.855. The highest BCUT2D eigenvalue weighted by Gasteiger charge is 2.19. The molecule has 0 aliphatic carbocycles. The number of hydrogen-bond donors (Lipinski definition) is 1. The number of carboxylic acids is 1. The summed E-state index contributed by atoms with van der Waals surface area (Å²) in [6.07, 6.45) is 2.00. The number of carbonyl (C=O) groups is 1. The Morgan fingerprint density at radius 2 is 2.00 bits per heavy atom. The molecule has 1 heterocycles. The zero-order chi connectivity index (χ0) is 14.1. The SMILES string of the molecule is C/C=C1/c2ccccc2COc2ccc(C(=O)O)cc21. The second kappa shape index (κ2) is 4.85. The van der Waals surface area contributed by atoms with Gasteiger partial charge in [-0.05, 0) is 41.8 Å². The molecule has 2 aromatic carbocycles. The third-order valence-corrected chi connectivity index (χ3v) is 3.50. The van der Waals surface area contributed by atoms with E-state index in [0.29, 0.717) is 6.61 Å². The van der Waals surface area contributed by atoms with Crippen LogP contribution in [-0.4, -0.2) is 11.1 Å². The van der Waals surface area contributed by atoms with Gasteiger partial charge in [0, 0.05) is 5.56 Å². The van der Waals surface area contributed by atoms with E-state index in [0.717, 1.165) is 28.0 Å². The van der Waals surface area contributed by atoms with Gasteiger partial charge in [-0.1, -0.05) is 30.3 Å². The van der Waals surface area contributed by atoms with Crippen LogP contribution in [0.15, 0.2) is 48.5 Å². The molecule has 1 aliphatic rings. The summed E-state index contributed by atoms with van der Waals surface area (Å²) < 4.78 is 5.81. The minimum Gasteiger partial charge on any atom is -0.488 e. The van der Waals surface area contributed by atoms with Crippen molar-refractivity contribution in [2.45, 2.75) is 13.5 Å². The van der Waals surface area contributed by atoms with Gasteiger partial charge in [0.05, 0.1) is 5.56 Å². The Bertz CT molecular complexity index is 714. The maximum Gasteiger partial charge on any atom is 0.335 e. The fourth-order valence-corrected chi connectivity index (χ4v) is 2.52. The number of carboxylic acid groups (broad SMARTS) is 1. The summed E-state index contributed by atoms with van der Waals surface area (Å²) in [5.74, 6) is -0.208. The summed E-state index contributed by atoms with van der Waals surface area (Å²) in [7, 11) is 0. The highest BCUT2D eigenvalue weighted by molar-refractivity contribution is 5.92. The average Bonchev–Trinajstić information content (AvgIpc) is 2.62. The number of hydrogen-bond acceptors (Lipinski definition) is 2. The van der Waals surface area contributed by atoms with Gasteiger partial charge >= 0.3 is 5.97 Å². The van der Waals surface area contributed by atoms with E-state index in [-0.39, 0.29) is 5.56 Å². The molecule has 0 fully saturated rings. The molecule has 0 saturated carbocycles. The average molecular weight is 266 g/mol. The van der Waals surface area contributed by atoms with E-state index in [1.807, 2.05) is 37.3 Å². The van der Waals surface area contributed by atoms with Crippen LogP contribution < -0.4 is 4.74 Å². The van der Waals surface area contributed by atoms with Crippen LogP contribution >= 0.6 is 0 Å². The Morgan fingerprint density at radius 3 is 2.75 bits per heavy atom. The lowest BCUT2D eigenvalue weighted by Crippen LogP contribution is -1.99. The molecule has 0 aromatic heterocycles. The van der Waals surface area contributed by atoms with Crippen LogP contribution in [0, 0.1) is 0 Å². The van der Waals surface area contributed by atoms with Crippen LogP contribution in [-0.2, 0) is 6.61 Å². The summed E-state index contributed by atoms with van der Waals surface area (Å²) in [6.45, 7) is 2.45. The molecule has 20 heavy (non-hydrogen) atoms. The van der Waals surface area contributed by atoms with Gasteiger partial charge in [0.1, 0.15) is 12.4 Å². The minimum atomic E-state index is -0.930. The van der Waals surface area contributed by atoms with Crippen molar-refractivity contribution in [3.05, 3.63) is 70.8 Å². The Balaban J connectivity index is 2.24. The molecule has 0 spiro atoms. The van der Waals surface area contributed by atoms with Crippen LogP contribution in [0.4, 0.5) is 0 Å². The molecule has 1 aliphatic heterocycles. The van der Waals surface area contributed by atoms with Crippen LogP contribution in [0.5, 0.6) is 5.75 Å². The molecule has 0 saturated heterocycles. The van der Waals surface area contributed by atoms with Crippen LogP contribution in [0.25, 0.3) is 5.57 Å². The first kappa shape index (κ1) is 12.5. The standard InChI is InChI=1S/C17H14O3/c1-2-13-14-6-4-3-5-12(14)10-20-16-8-7-11(17(18)19)9-15(13)16/h2-9H,10H2,1H3,(H,18,19)/b13-2-. The molecule has 0 bridgehead atoms. The minimum absolute atomic E-state index is 0.270. The molecule has 3 heteroatoms. The highest BCUT2D eigenvalue weighted by atomic mass is 16.5. The molecule has 0 amide bonds. The van der Waals surface area contributed by atoms with E-state index >= 15 is 0 Å². The third-order valence-electron chi connectivity index (χ3n) is 3.50. The summed E-state index contributed by atoms with van der Waals surface area (Å²) in [5.41, 5.74) is 4.31. The van der Waals surface area contributed by atoms with Crippen molar-refractivity contribution in [3.63, 3.8) is 0 Å². The van der Waals surface area contributed by atoms with Crippen molar-refractivity contribution >= 4 is 11.5 Å². The molecule has 3 rings (SSSR count). The third kappa shape index (κ3) is 1.97. The Labute approximate surface area is 117 Å². The monoisotopic (exact) mass is 266 g/mol.